The van der Waals surface area contributed by atoms with Crippen LogP contribution in [-0.4, -0.2) is 25.0 Å². The van der Waals surface area contributed by atoms with Gasteiger partial charge in [0, 0.05) is 28.2 Å². The molecule has 7 heteroatoms. The number of aryl methyl sites for hydroxylation is 1. The van der Waals surface area contributed by atoms with E-state index in [0.717, 1.165) is 23.8 Å². The van der Waals surface area contributed by atoms with Gasteiger partial charge in [-0.05, 0) is 49.7 Å². The molecule has 2 aromatic carbocycles. The summed E-state index contributed by atoms with van der Waals surface area (Å²) < 4.78 is 11.3. The van der Waals surface area contributed by atoms with Gasteiger partial charge in [0.15, 0.2) is 12.4 Å². The Morgan fingerprint density at radius 1 is 1.24 bits per heavy atom. The highest BCUT2D eigenvalue weighted by Gasteiger charge is 2.26. The Morgan fingerprint density at radius 3 is 2.86 bits per heavy atom. The molecule has 2 heterocycles. The van der Waals surface area contributed by atoms with Gasteiger partial charge in [0.05, 0.1) is 5.69 Å². The summed E-state index contributed by atoms with van der Waals surface area (Å²) in [5.74, 6) is 0.417. The molecule has 0 saturated carbocycles. The molecule has 0 unspecified atom stereocenters. The molecular formula is C22H21ClN2O4. The number of fused-ring (bicyclic) bond motifs is 2. The highest BCUT2D eigenvalue weighted by atomic mass is 35.5. The lowest BCUT2D eigenvalue weighted by atomic mass is 10.1. The number of amides is 2. The van der Waals surface area contributed by atoms with Crippen molar-refractivity contribution in [1.29, 1.82) is 0 Å². The summed E-state index contributed by atoms with van der Waals surface area (Å²) in [6, 6.07) is 10.5. The van der Waals surface area contributed by atoms with Crippen molar-refractivity contribution in [2.75, 3.05) is 23.4 Å². The van der Waals surface area contributed by atoms with Crippen LogP contribution in [0.25, 0.3) is 11.0 Å². The fourth-order valence-electron chi connectivity index (χ4n) is 3.44. The van der Waals surface area contributed by atoms with Gasteiger partial charge in [-0.25, -0.2) is 0 Å². The molecule has 1 aliphatic heterocycles. The van der Waals surface area contributed by atoms with Gasteiger partial charge in [0.2, 0.25) is 0 Å². The summed E-state index contributed by atoms with van der Waals surface area (Å²) in [5.41, 5.74) is 2.56. The lowest BCUT2D eigenvalue weighted by Crippen LogP contribution is -2.39. The van der Waals surface area contributed by atoms with Crippen LogP contribution in [0.1, 0.15) is 35.9 Å². The lowest BCUT2D eigenvalue weighted by molar-refractivity contribution is -0.121. The number of anilines is 2. The zero-order valence-electron chi connectivity index (χ0n) is 16.3. The molecule has 0 bridgehead atoms. The smallest absolute Gasteiger partial charge is 0.291 e. The van der Waals surface area contributed by atoms with Crippen LogP contribution in [-0.2, 0) is 4.79 Å². The van der Waals surface area contributed by atoms with E-state index < -0.39 is 0 Å². The standard InChI is InChI=1S/C22H21ClN2O4/c1-3-4-9-25-17-11-15(6-8-19(17)28-12-20(25)26)24-22(27)21-13(2)16-10-14(23)5-7-18(16)29-21/h5-8,10-11H,3-4,9,12H2,1-2H3,(H,24,27). The number of nitrogens with zero attached hydrogens (tertiary/aromatic N) is 1. The SMILES string of the molecule is CCCCN1C(=O)COc2ccc(NC(=O)c3oc4ccc(Cl)cc4c3C)cc21. The van der Waals surface area contributed by atoms with Gasteiger partial charge in [0.25, 0.3) is 11.8 Å². The number of hydrogen-bond donors (Lipinski definition) is 1. The van der Waals surface area contributed by atoms with Crippen molar-refractivity contribution in [2.45, 2.75) is 26.7 Å². The van der Waals surface area contributed by atoms with Crippen molar-refractivity contribution < 1.29 is 18.7 Å². The van der Waals surface area contributed by atoms with Crippen LogP contribution in [0.15, 0.2) is 40.8 Å². The van der Waals surface area contributed by atoms with Crippen LogP contribution in [0.2, 0.25) is 5.02 Å². The number of benzene rings is 2. The molecule has 0 aliphatic carbocycles. The first kappa shape index (κ1) is 19.3. The summed E-state index contributed by atoms with van der Waals surface area (Å²) in [7, 11) is 0. The van der Waals surface area contributed by atoms with E-state index in [1.165, 1.54) is 0 Å². The van der Waals surface area contributed by atoms with Gasteiger partial charge < -0.3 is 19.4 Å². The van der Waals surface area contributed by atoms with Crippen molar-refractivity contribution in [3.63, 3.8) is 0 Å². The molecule has 0 fully saturated rings. The minimum atomic E-state index is -0.363. The molecule has 6 nitrogen and oxygen atoms in total. The van der Waals surface area contributed by atoms with Crippen molar-refractivity contribution in [3.05, 3.63) is 52.7 Å². The van der Waals surface area contributed by atoms with Gasteiger partial charge in [0.1, 0.15) is 11.3 Å². The molecule has 1 aliphatic rings. The first-order valence-electron chi connectivity index (χ1n) is 9.55. The number of nitrogens with one attached hydrogen (secondary N) is 1. The van der Waals surface area contributed by atoms with Crippen LogP contribution >= 0.6 is 11.6 Å². The monoisotopic (exact) mass is 412 g/mol. The van der Waals surface area contributed by atoms with E-state index >= 15 is 0 Å². The average molecular weight is 413 g/mol. The van der Waals surface area contributed by atoms with Crippen molar-refractivity contribution in [2.24, 2.45) is 0 Å². The zero-order valence-corrected chi connectivity index (χ0v) is 17.0. The van der Waals surface area contributed by atoms with E-state index in [-0.39, 0.29) is 24.2 Å². The normalized spacial score (nSPS) is 13.3. The molecule has 1 aromatic heterocycles. The van der Waals surface area contributed by atoms with Crippen molar-refractivity contribution in [3.8, 4) is 5.75 Å². The molecule has 0 radical (unpaired) electrons. The van der Waals surface area contributed by atoms with Crippen molar-refractivity contribution >= 4 is 45.8 Å². The van der Waals surface area contributed by atoms with E-state index in [1.807, 2.05) is 6.92 Å². The average Bonchev–Trinajstić information content (AvgIpc) is 3.03. The van der Waals surface area contributed by atoms with Gasteiger partial charge in [-0.2, -0.15) is 0 Å². The fourth-order valence-corrected chi connectivity index (χ4v) is 3.61. The minimum Gasteiger partial charge on any atom is -0.482 e. The third-order valence-corrected chi connectivity index (χ3v) is 5.23. The number of furan rings is 1. The summed E-state index contributed by atoms with van der Waals surface area (Å²) in [6.07, 6.45) is 1.87. The summed E-state index contributed by atoms with van der Waals surface area (Å²) in [6.45, 7) is 4.55. The Hall–Kier alpha value is -2.99. The predicted molar refractivity (Wildman–Crippen MR) is 113 cm³/mol. The predicted octanol–water partition coefficient (Wildman–Crippen LogP) is 5.17. The highest BCUT2D eigenvalue weighted by Crippen LogP contribution is 2.35. The van der Waals surface area contributed by atoms with Crippen LogP contribution in [0.5, 0.6) is 5.75 Å². The number of carbonyl (C=O) groups is 2. The molecule has 1 N–H and O–H groups in total. The van der Waals surface area contributed by atoms with Gasteiger partial charge >= 0.3 is 0 Å². The first-order chi connectivity index (χ1) is 14.0. The summed E-state index contributed by atoms with van der Waals surface area (Å²) >= 11 is 6.05. The molecule has 3 aromatic rings. The molecule has 2 amide bonds. The zero-order chi connectivity index (χ0) is 20.5. The van der Waals surface area contributed by atoms with E-state index in [2.05, 4.69) is 12.2 Å². The third-order valence-electron chi connectivity index (χ3n) is 5.00. The van der Waals surface area contributed by atoms with E-state index in [0.29, 0.717) is 34.3 Å². The quantitative estimate of drug-likeness (QED) is 0.627. The van der Waals surface area contributed by atoms with E-state index in [1.54, 1.807) is 41.3 Å². The third kappa shape index (κ3) is 3.68. The van der Waals surface area contributed by atoms with Gasteiger partial charge in [-0.15, -0.1) is 0 Å². The maximum Gasteiger partial charge on any atom is 0.291 e. The van der Waals surface area contributed by atoms with Crippen LogP contribution in [0.4, 0.5) is 11.4 Å². The number of rotatable bonds is 5. The maximum absolute atomic E-state index is 12.8. The van der Waals surface area contributed by atoms with Gasteiger partial charge in [-0.1, -0.05) is 24.9 Å². The van der Waals surface area contributed by atoms with Gasteiger partial charge in [-0.3, -0.25) is 9.59 Å². The second kappa shape index (κ2) is 7.79. The van der Waals surface area contributed by atoms with Crippen LogP contribution < -0.4 is 15.0 Å². The Labute approximate surface area is 173 Å². The topological polar surface area (TPSA) is 71.8 Å². The Bertz CT molecular complexity index is 1110. The largest absolute Gasteiger partial charge is 0.482 e. The first-order valence-corrected chi connectivity index (χ1v) is 9.93. The van der Waals surface area contributed by atoms with E-state index in [9.17, 15) is 9.59 Å². The van der Waals surface area contributed by atoms with E-state index in [4.69, 9.17) is 20.8 Å². The molecule has 29 heavy (non-hydrogen) atoms. The summed E-state index contributed by atoms with van der Waals surface area (Å²) in [4.78, 5) is 26.8. The summed E-state index contributed by atoms with van der Waals surface area (Å²) in [5, 5.41) is 4.24. The number of ether oxygens (including phenoxy) is 1. The molecule has 0 atom stereocenters. The Morgan fingerprint density at radius 2 is 2.07 bits per heavy atom. The Balaban J connectivity index is 1.62. The number of carbonyl (C=O) groups excluding carboxylic acids is 2. The number of unbranched alkanes of at least 4 members (excludes halogenated alkanes) is 1. The number of halogens is 1. The molecule has 4 rings (SSSR count). The second-order valence-electron chi connectivity index (χ2n) is 7.02. The van der Waals surface area contributed by atoms with Crippen molar-refractivity contribution in [1.82, 2.24) is 0 Å². The van der Waals surface area contributed by atoms with Crippen LogP contribution in [0, 0.1) is 6.92 Å². The lowest BCUT2D eigenvalue weighted by Gasteiger charge is -2.29. The second-order valence-corrected chi connectivity index (χ2v) is 7.46. The maximum atomic E-state index is 12.8. The molecule has 0 spiro atoms. The molecule has 150 valence electrons. The molecule has 0 saturated heterocycles. The Kier molecular flexibility index (Phi) is 5.20. The minimum absolute atomic E-state index is 0.0309. The fraction of sp³-hybridized carbons (Fsp3) is 0.273. The highest BCUT2D eigenvalue weighted by molar-refractivity contribution is 6.31. The number of hydrogen-bond acceptors (Lipinski definition) is 4. The van der Waals surface area contributed by atoms with Crippen LogP contribution in [0.3, 0.4) is 0 Å². The molecular weight excluding hydrogens is 392 g/mol.